The van der Waals surface area contributed by atoms with E-state index in [2.05, 4.69) is 5.32 Å². The van der Waals surface area contributed by atoms with Crippen molar-refractivity contribution in [2.75, 3.05) is 19.1 Å². The first-order valence-corrected chi connectivity index (χ1v) is 8.05. The van der Waals surface area contributed by atoms with Gasteiger partial charge in [-0.3, -0.25) is 19.8 Å². The van der Waals surface area contributed by atoms with Crippen LogP contribution in [0.3, 0.4) is 0 Å². The van der Waals surface area contributed by atoms with Crippen LogP contribution in [-0.2, 0) is 9.59 Å². The normalized spacial score (nSPS) is 16.0. The van der Waals surface area contributed by atoms with Crippen LogP contribution in [0.25, 0.3) is 6.08 Å². The molecule has 1 aromatic carbocycles. The topological polar surface area (TPSA) is 81.0 Å². The number of ether oxygens (including phenoxy) is 2. The number of furan rings is 1. The van der Waals surface area contributed by atoms with Crippen molar-refractivity contribution in [3.63, 3.8) is 0 Å². The number of anilines is 1. The predicted molar refractivity (Wildman–Crippen MR) is 99.2 cm³/mol. The Balaban J connectivity index is 2.02. The van der Waals surface area contributed by atoms with Gasteiger partial charge in [0.2, 0.25) is 0 Å². The summed E-state index contributed by atoms with van der Waals surface area (Å²) in [5.74, 6) is 0.891. The fourth-order valence-corrected chi connectivity index (χ4v) is 2.81. The minimum absolute atomic E-state index is 0.0139. The molecular weight excluding hydrogens is 356 g/mol. The maximum Gasteiger partial charge on any atom is 0.270 e. The maximum atomic E-state index is 12.9. The molecule has 1 fully saturated rings. The highest BCUT2D eigenvalue weighted by molar-refractivity contribution is 7.80. The number of hydrogen-bond acceptors (Lipinski definition) is 6. The molecule has 1 saturated heterocycles. The molecule has 3 rings (SSSR count). The number of carbonyl (C=O) groups is 2. The molecule has 0 bridgehead atoms. The second-order valence-electron chi connectivity index (χ2n) is 5.45. The lowest BCUT2D eigenvalue weighted by Crippen LogP contribution is -2.54. The fraction of sp³-hybridized carbons (Fsp3) is 0.167. The number of carbonyl (C=O) groups excluding carboxylic acids is 2. The zero-order chi connectivity index (χ0) is 18.8. The molecule has 0 saturated carbocycles. The molecule has 0 aliphatic carbocycles. The Morgan fingerprint density at radius 3 is 2.46 bits per heavy atom. The highest BCUT2D eigenvalue weighted by Gasteiger charge is 2.35. The van der Waals surface area contributed by atoms with Crippen LogP contribution in [-0.4, -0.2) is 31.1 Å². The predicted octanol–water partition coefficient (Wildman–Crippen LogP) is 2.44. The van der Waals surface area contributed by atoms with Gasteiger partial charge in [0, 0.05) is 6.07 Å². The van der Waals surface area contributed by atoms with Gasteiger partial charge in [-0.05, 0) is 49.5 Å². The summed E-state index contributed by atoms with van der Waals surface area (Å²) in [6.45, 7) is 1.77. The molecular formula is C18H16N2O5S. The Labute approximate surface area is 155 Å². The summed E-state index contributed by atoms with van der Waals surface area (Å²) in [5.41, 5.74) is 0.363. The number of benzene rings is 1. The fourth-order valence-electron chi connectivity index (χ4n) is 2.53. The lowest BCUT2D eigenvalue weighted by atomic mass is 10.1. The van der Waals surface area contributed by atoms with E-state index < -0.39 is 11.8 Å². The molecule has 0 radical (unpaired) electrons. The summed E-state index contributed by atoms with van der Waals surface area (Å²) >= 11 is 5.18. The molecule has 7 nitrogen and oxygen atoms in total. The van der Waals surface area contributed by atoms with Gasteiger partial charge in [0.1, 0.15) is 17.1 Å². The zero-order valence-electron chi connectivity index (χ0n) is 14.4. The van der Waals surface area contributed by atoms with Crippen LogP contribution in [0.1, 0.15) is 11.5 Å². The van der Waals surface area contributed by atoms with Crippen molar-refractivity contribution in [3.8, 4) is 11.5 Å². The molecule has 2 aromatic rings. The molecule has 1 aromatic heterocycles. The van der Waals surface area contributed by atoms with Gasteiger partial charge in [0.25, 0.3) is 11.8 Å². The molecule has 2 amide bonds. The quantitative estimate of drug-likeness (QED) is 0.504. The molecule has 2 heterocycles. The van der Waals surface area contributed by atoms with Crippen molar-refractivity contribution in [1.29, 1.82) is 0 Å². The smallest absolute Gasteiger partial charge is 0.270 e. The lowest BCUT2D eigenvalue weighted by molar-refractivity contribution is -0.122. The standard InChI is InChI=1S/C18H16N2O5S/c1-10-4-6-12(25-10)9-13-16(21)19-18(26)20(17(13)22)11-5-7-14(23-2)15(8-11)24-3/h4-9H,1-3H3,(H,19,21,26). The van der Waals surface area contributed by atoms with Gasteiger partial charge < -0.3 is 13.9 Å². The average Bonchev–Trinajstić information content (AvgIpc) is 3.03. The number of methoxy groups -OCH3 is 2. The molecule has 1 aliphatic rings. The number of amides is 2. The van der Waals surface area contributed by atoms with Gasteiger partial charge in [0.05, 0.1) is 19.9 Å². The average molecular weight is 372 g/mol. The molecule has 134 valence electrons. The van der Waals surface area contributed by atoms with Crippen molar-refractivity contribution in [2.45, 2.75) is 6.92 Å². The van der Waals surface area contributed by atoms with Gasteiger partial charge in [-0.15, -0.1) is 0 Å². The molecule has 0 spiro atoms. The van der Waals surface area contributed by atoms with Crippen LogP contribution in [0.15, 0.2) is 40.3 Å². The summed E-state index contributed by atoms with van der Waals surface area (Å²) in [5, 5.41) is 2.50. The molecule has 8 heteroatoms. The van der Waals surface area contributed by atoms with E-state index in [9.17, 15) is 9.59 Å². The van der Waals surface area contributed by atoms with Crippen LogP contribution >= 0.6 is 12.2 Å². The Hall–Kier alpha value is -3.13. The zero-order valence-corrected chi connectivity index (χ0v) is 15.2. The number of hydrogen-bond donors (Lipinski definition) is 1. The summed E-state index contributed by atoms with van der Waals surface area (Å²) in [6.07, 6.45) is 1.39. The molecule has 0 atom stereocenters. The van der Waals surface area contributed by atoms with Crippen LogP contribution in [0.5, 0.6) is 11.5 Å². The summed E-state index contributed by atoms with van der Waals surface area (Å²) < 4.78 is 15.9. The molecule has 26 heavy (non-hydrogen) atoms. The second-order valence-corrected chi connectivity index (χ2v) is 5.83. The van der Waals surface area contributed by atoms with E-state index in [1.54, 1.807) is 37.3 Å². The van der Waals surface area contributed by atoms with Gasteiger partial charge in [-0.1, -0.05) is 0 Å². The summed E-state index contributed by atoms with van der Waals surface area (Å²) in [6, 6.07) is 8.33. The SMILES string of the molecule is COc1ccc(N2C(=O)C(=Cc3ccc(C)o3)C(=O)NC2=S)cc1OC. The first-order chi connectivity index (χ1) is 12.4. The van der Waals surface area contributed by atoms with Gasteiger partial charge in [0.15, 0.2) is 16.6 Å². The Bertz CT molecular complexity index is 931. The molecule has 1 aliphatic heterocycles. The number of nitrogens with one attached hydrogen (secondary N) is 1. The maximum absolute atomic E-state index is 12.9. The lowest BCUT2D eigenvalue weighted by Gasteiger charge is -2.29. The van der Waals surface area contributed by atoms with E-state index in [-0.39, 0.29) is 10.7 Å². The Morgan fingerprint density at radius 1 is 1.12 bits per heavy atom. The highest BCUT2D eigenvalue weighted by atomic mass is 32.1. The van der Waals surface area contributed by atoms with Crippen LogP contribution in [0.4, 0.5) is 5.69 Å². The van der Waals surface area contributed by atoms with E-state index in [1.165, 1.54) is 25.2 Å². The van der Waals surface area contributed by atoms with Crippen molar-refractivity contribution in [3.05, 3.63) is 47.4 Å². The van der Waals surface area contributed by atoms with E-state index in [1.807, 2.05) is 0 Å². The highest BCUT2D eigenvalue weighted by Crippen LogP contribution is 2.33. The number of rotatable bonds is 4. The monoisotopic (exact) mass is 372 g/mol. The van der Waals surface area contributed by atoms with Crippen LogP contribution in [0.2, 0.25) is 0 Å². The van der Waals surface area contributed by atoms with Gasteiger partial charge in [-0.2, -0.15) is 0 Å². The van der Waals surface area contributed by atoms with Crippen LogP contribution in [0, 0.1) is 6.92 Å². The largest absolute Gasteiger partial charge is 0.493 e. The number of thiocarbonyl (C=S) groups is 1. The van der Waals surface area contributed by atoms with Gasteiger partial charge in [-0.25, -0.2) is 0 Å². The summed E-state index contributed by atoms with van der Waals surface area (Å²) in [4.78, 5) is 26.4. The third-order valence-corrected chi connectivity index (χ3v) is 4.06. The number of nitrogens with zero attached hydrogens (tertiary/aromatic N) is 1. The Morgan fingerprint density at radius 2 is 1.85 bits per heavy atom. The Kier molecular flexibility index (Phi) is 4.77. The van der Waals surface area contributed by atoms with Crippen molar-refractivity contribution >= 4 is 40.9 Å². The number of aryl methyl sites for hydroxylation is 1. The van der Waals surface area contributed by atoms with E-state index in [0.717, 1.165) is 0 Å². The molecule has 1 N–H and O–H groups in total. The second kappa shape index (κ2) is 7.01. The minimum atomic E-state index is -0.578. The van der Waals surface area contributed by atoms with E-state index in [0.29, 0.717) is 28.7 Å². The van der Waals surface area contributed by atoms with Crippen molar-refractivity contribution in [2.24, 2.45) is 0 Å². The first-order valence-electron chi connectivity index (χ1n) is 7.64. The minimum Gasteiger partial charge on any atom is -0.493 e. The van der Waals surface area contributed by atoms with Crippen molar-refractivity contribution in [1.82, 2.24) is 5.32 Å². The third kappa shape index (κ3) is 3.18. The van der Waals surface area contributed by atoms with Gasteiger partial charge >= 0.3 is 0 Å². The third-order valence-electron chi connectivity index (χ3n) is 3.77. The summed E-state index contributed by atoms with van der Waals surface area (Å²) in [7, 11) is 3.00. The van der Waals surface area contributed by atoms with Crippen molar-refractivity contribution < 1.29 is 23.5 Å². The molecule has 0 unspecified atom stereocenters. The van der Waals surface area contributed by atoms with E-state index >= 15 is 0 Å². The van der Waals surface area contributed by atoms with E-state index in [4.69, 9.17) is 26.1 Å². The van der Waals surface area contributed by atoms with Crippen LogP contribution < -0.4 is 19.7 Å². The first kappa shape index (κ1) is 17.7.